The maximum absolute atomic E-state index is 12.8. The van der Waals surface area contributed by atoms with Crippen LogP contribution in [0.15, 0.2) is 0 Å². The predicted octanol–water partition coefficient (Wildman–Crippen LogP) is 1.99. The average Bonchev–Trinajstić information content (AvgIpc) is 2.96. The Hall–Kier alpha value is -0.640. The number of halogens is 6. The van der Waals surface area contributed by atoms with Crippen molar-refractivity contribution in [2.75, 3.05) is 24.7 Å². The summed E-state index contributed by atoms with van der Waals surface area (Å²) in [6, 6.07) is -0.697. The van der Waals surface area contributed by atoms with Gasteiger partial charge in [-0.25, -0.2) is 0 Å². The van der Waals surface area contributed by atoms with Gasteiger partial charge < -0.3 is 4.90 Å². The summed E-state index contributed by atoms with van der Waals surface area (Å²) < 4.78 is 77.1. The van der Waals surface area contributed by atoms with Gasteiger partial charge in [-0.15, -0.1) is 11.8 Å². The number of thioether (sulfide) groups is 1. The second-order valence-electron chi connectivity index (χ2n) is 4.86. The van der Waals surface area contributed by atoms with E-state index in [2.05, 4.69) is 5.32 Å². The Labute approximate surface area is 115 Å². The maximum atomic E-state index is 12.8. The predicted molar refractivity (Wildman–Crippen MR) is 60.0 cm³/mol. The lowest BCUT2D eigenvalue weighted by molar-refractivity contribution is -0.334. The van der Waals surface area contributed by atoms with Crippen molar-refractivity contribution >= 4 is 17.7 Å². The molecule has 1 N–H and O–H groups in total. The van der Waals surface area contributed by atoms with E-state index in [4.69, 9.17) is 0 Å². The first-order valence-electron chi connectivity index (χ1n) is 5.82. The quantitative estimate of drug-likeness (QED) is 0.750. The number of nitrogens with zero attached hydrogens (tertiary/aromatic N) is 1. The van der Waals surface area contributed by atoms with E-state index >= 15 is 0 Å². The number of amides is 1. The van der Waals surface area contributed by atoms with Crippen LogP contribution in [0.3, 0.4) is 0 Å². The van der Waals surface area contributed by atoms with Gasteiger partial charge in [-0.2, -0.15) is 26.3 Å². The second kappa shape index (κ2) is 4.97. The Morgan fingerprint density at radius 1 is 1.20 bits per heavy atom. The van der Waals surface area contributed by atoms with E-state index in [1.165, 1.54) is 11.8 Å². The largest absolute Gasteiger partial charge is 0.404 e. The van der Waals surface area contributed by atoms with Gasteiger partial charge >= 0.3 is 12.4 Å². The van der Waals surface area contributed by atoms with Crippen LogP contribution < -0.4 is 5.32 Å². The monoisotopic (exact) mass is 322 g/mol. The molecular formula is C10H12F6N2OS. The molecule has 20 heavy (non-hydrogen) atoms. The summed E-state index contributed by atoms with van der Waals surface area (Å²) >= 11 is 1.38. The molecule has 2 heterocycles. The summed E-state index contributed by atoms with van der Waals surface area (Å²) in [6.45, 7) is -1.87. The molecule has 1 amide bonds. The van der Waals surface area contributed by atoms with E-state index < -0.39 is 49.2 Å². The minimum Gasteiger partial charge on any atom is -0.340 e. The van der Waals surface area contributed by atoms with Crippen LogP contribution in [0.4, 0.5) is 26.3 Å². The highest BCUT2D eigenvalue weighted by atomic mass is 32.2. The van der Waals surface area contributed by atoms with Crippen LogP contribution >= 0.6 is 11.8 Å². The molecule has 1 unspecified atom stereocenters. The molecule has 0 saturated carbocycles. The van der Waals surface area contributed by atoms with E-state index in [-0.39, 0.29) is 0 Å². The zero-order valence-electron chi connectivity index (χ0n) is 10.1. The molecule has 0 aliphatic carbocycles. The number of alkyl halides is 6. The number of hydrogen-bond donors (Lipinski definition) is 1. The Morgan fingerprint density at radius 2 is 1.80 bits per heavy atom. The molecule has 0 radical (unpaired) electrons. The molecule has 1 atom stereocenters. The fraction of sp³-hybridized carbons (Fsp3) is 0.900. The lowest BCUT2D eigenvalue weighted by Crippen LogP contribution is -2.53. The third kappa shape index (κ3) is 2.47. The van der Waals surface area contributed by atoms with E-state index in [0.717, 1.165) is 0 Å². The Balaban J connectivity index is 2.18. The lowest BCUT2D eigenvalue weighted by Gasteiger charge is -2.33. The van der Waals surface area contributed by atoms with Gasteiger partial charge in [0.15, 0.2) is 5.41 Å². The third-order valence-electron chi connectivity index (χ3n) is 3.68. The van der Waals surface area contributed by atoms with Crippen LogP contribution in [0.25, 0.3) is 0 Å². The fourth-order valence-corrected chi connectivity index (χ4v) is 3.33. The number of carbonyl (C=O) groups is 1. The molecule has 10 heteroatoms. The molecule has 2 aliphatic heterocycles. The summed E-state index contributed by atoms with van der Waals surface area (Å²) in [4.78, 5) is 12.6. The molecule has 2 aliphatic rings. The molecule has 116 valence electrons. The number of nitrogens with one attached hydrogen (secondary N) is 1. The van der Waals surface area contributed by atoms with Crippen LogP contribution in [-0.4, -0.2) is 53.9 Å². The molecule has 0 spiro atoms. The molecule has 2 saturated heterocycles. The molecule has 0 aromatic carbocycles. The van der Waals surface area contributed by atoms with Gasteiger partial charge in [-0.05, 0) is 6.42 Å². The van der Waals surface area contributed by atoms with Crippen molar-refractivity contribution in [1.82, 2.24) is 10.2 Å². The Bertz CT molecular complexity index is 376. The second-order valence-corrected chi connectivity index (χ2v) is 5.89. The molecule has 0 bridgehead atoms. The van der Waals surface area contributed by atoms with E-state index in [0.29, 0.717) is 16.5 Å². The smallest absolute Gasteiger partial charge is 0.340 e. The maximum Gasteiger partial charge on any atom is 0.404 e. The molecule has 2 rings (SSSR count). The first-order chi connectivity index (χ1) is 9.08. The van der Waals surface area contributed by atoms with Crippen LogP contribution in [0.5, 0.6) is 0 Å². The number of carbonyl (C=O) groups excluding carboxylic acids is 1. The third-order valence-corrected chi connectivity index (χ3v) is 4.62. The van der Waals surface area contributed by atoms with Crippen molar-refractivity contribution < 1.29 is 31.1 Å². The zero-order valence-corrected chi connectivity index (χ0v) is 11.0. The van der Waals surface area contributed by atoms with Gasteiger partial charge in [0.2, 0.25) is 5.91 Å². The minimum atomic E-state index is -5.42. The lowest BCUT2D eigenvalue weighted by atomic mass is 9.85. The molecular weight excluding hydrogens is 310 g/mol. The molecule has 3 nitrogen and oxygen atoms in total. The van der Waals surface area contributed by atoms with Crippen molar-refractivity contribution in [3.05, 3.63) is 0 Å². The van der Waals surface area contributed by atoms with Gasteiger partial charge in [0.25, 0.3) is 0 Å². The molecule has 0 aromatic rings. The first-order valence-corrected chi connectivity index (χ1v) is 6.97. The summed E-state index contributed by atoms with van der Waals surface area (Å²) in [5.74, 6) is 0.138. The van der Waals surface area contributed by atoms with Gasteiger partial charge in [-0.1, -0.05) is 0 Å². The van der Waals surface area contributed by atoms with E-state index in [1.807, 2.05) is 0 Å². The number of rotatable bonds is 1. The van der Waals surface area contributed by atoms with Gasteiger partial charge in [-0.3, -0.25) is 10.1 Å². The molecule has 2 fully saturated rings. The summed E-state index contributed by atoms with van der Waals surface area (Å²) in [5, 5.41) is 2.75. The average molecular weight is 322 g/mol. The summed E-state index contributed by atoms with van der Waals surface area (Å²) in [5.41, 5.74) is -3.80. The minimum absolute atomic E-state index is 0.361. The highest BCUT2D eigenvalue weighted by Crippen LogP contribution is 2.55. The fourth-order valence-electron chi connectivity index (χ4n) is 2.40. The Kier molecular flexibility index (Phi) is 3.91. The SMILES string of the molecule is O=C(C1CSCN1)N1CCC(C(F)(F)F)(C(F)(F)F)C1. The standard InChI is InChI=1S/C10H12F6N2OS/c11-9(12,13)8(10(14,15)16)1-2-18(4-8)7(19)6-3-20-5-17-6/h6,17H,1-5H2. The van der Waals surface area contributed by atoms with E-state index in [9.17, 15) is 31.1 Å². The van der Waals surface area contributed by atoms with Crippen molar-refractivity contribution in [3.8, 4) is 0 Å². The van der Waals surface area contributed by atoms with Crippen LogP contribution in [-0.2, 0) is 4.79 Å². The first kappa shape index (κ1) is 15.7. The van der Waals surface area contributed by atoms with Crippen molar-refractivity contribution in [2.45, 2.75) is 24.8 Å². The van der Waals surface area contributed by atoms with Crippen LogP contribution in [0.2, 0.25) is 0 Å². The number of likely N-dealkylation sites (tertiary alicyclic amines) is 1. The van der Waals surface area contributed by atoms with Gasteiger partial charge in [0.05, 0.1) is 6.04 Å². The van der Waals surface area contributed by atoms with Crippen molar-refractivity contribution in [1.29, 1.82) is 0 Å². The van der Waals surface area contributed by atoms with Crippen molar-refractivity contribution in [2.24, 2.45) is 5.41 Å². The van der Waals surface area contributed by atoms with Crippen LogP contribution in [0.1, 0.15) is 6.42 Å². The van der Waals surface area contributed by atoms with Crippen LogP contribution in [0, 0.1) is 5.41 Å². The summed E-state index contributed by atoms with van der Waals surface area (Å²) in [7, 11) is 0. The zero-order chi connectivity index (χ0) is 15.2. The van der Waals surface area contributed by atoms with Crippen molar-refractivity contribution in [3.63, 3.8) is 0 Å². The number of hydrogen-bond acceptors (Lipinski definition) is 3. The highest BCUT2D eigenvalue weighted by molar-refractivity contribution is 7.99. The highest BCUT2D eigenvalue weighted by Gasteiger charge is 2.73. The van der Waals surface area contributed by atoms with E-state index in [1.54, 1.807) is 0 Å². The van der Waals surface area contributed by atoms with Gasteiger partial charge in [0, 0.05) is 24.7 Å². The normalized spacial score (nSPS) is 27.1. The Morgan fingerprint density at radius 3 is 2.20 bits per heavy atom. The summed E-state index contributed by atoms with van der Waals surface area (Å²) in [6.07, 6.45) is -12.0. The van der Waals surface area contributed by atoms with Gasteiger partial charge in [0.1, 0.15) is 0 Å². The molecule has 0 aromatic heterocycles. The topological polar surface area (TPSA) is 32.3 Å².